The van der Waals surface area contributed by atoms with E-state index in [0.717, 1.165) is 25.2 Å². The molecule has 84 valence electrons. The summed E-state index contributed by atoms with van der Waals surface area (Å²) in [7, 11) is 0. The number of rotatable bonds is 1. The molecule has 0 amide bonds. The van der Waals surface area contributed by atoms with Crippen LogP contribution in [0.15, 0.2) is 18.5 Å². The molecule has 3 heteroatoms. The average molecular weight is 215 g/mol. The Morgan fingerprint density at radius 1 is 1.38 bits per heavy atom. The lowest BCUT2D eigenvalue weighted by molar-refractivity contribution is 0.611. The molecule has 1 aliphatic heterocycles. The minimum Gasteiger partial charge on any atom is -0.330 e. The van der Waals surface area contributed by atoms with E-state index >= 15 is 0 Å². The van der Waals surface area contributed by atoms with Crippen LogP contribution in [0.1, 0.15) is 31.0 Å². The molecule has 1 aliphatic rings. The highest BCUT2D eigenvalue weighted by molar-refractivity contribution is 5.84. The first kappa shape index (κ1) is 9.85. The van der Waals surface area contributed by atoms with Crippen molar-refractivity contribution in [1.29, 1.82) is 0 Å². The molecule has 3 heterocycles. The van der Waals surface area contributed by atoms with Gasteiger partial charge in [-0.05, 0) is 44.0 Å². The molecule has 0 atom stereocenters. The van der Waals surface area contributed by atoms with Crippen LogP contribution in [0.25, 0.3) is 11.0 Å². The summed E-state index contributed by atoms with van der Waals surface area (Å²) < 4.78 is 2.28. The van der Waals surface area contributed by atoms with E-state index in [1.54, 1.807) is 0 Å². The van der Waals surface area contributed by atoms with Gasteiger partial charge in [0.25, 0.3) is 0 Å². The number of pyridine rings is 1. The van der Waals surface area contributed by atoms with Gasteiger partial charge in [0, 0.05) is 30.4 Å². The molecule has 3 nitrogen and oxygen atoms in total. The van der Waals surface area contributed by atoms with Gasteiger partial charge in [-0.3, -0.25) is 0 Å². The highest BCUT2D eigenvalue weighted by Crippen LogP contribution is 2.27. The molecular formula is C13H17N3. The summed E-state index contributed by atoms with van der Waals surface area (Å²) >= 11 is 0. The molecule has 1 N–H and O–H groups in total. The van der Waals surface area contributed by atoms with Crippen molar-refractivity contribution in [1.82, 2.24) is 14.9 Å². The molecule has 0 fully saturated rings. The normalized spacial score (nSPS) is 15.7. The lowest BCUT2D eigenvalue weighted by atomic mass is 10.1. The van der Waals surface area contributed by atoms with Gasteiger partial charge in [0.15, 0.2) is 0 Å². The van der Waals surface area contributed by atoms with E-state index < -0.39 is 0 Å². The molecule has 0 bridgehead atoms. The van der Waals surface area contributed by atoms with Gasteiger partial charge >= 0.3 is 0 Å². The largest absolute Gasteiger partial charge is 0.330 e. The van der Waals surface area contributed by atoms with E-state index in [1.807, 2.05) is 6.20 Å². The van der Waals surface area contributed by atoms with Crippen LogP contribution in [0, 0.1) is 0 Å². The van der Waals surface area contributed by atoms with Gasteiger partial charge in [-0.15, -0.1) is 0 Å². The van der Waals surface area contributed by atoms with Crippen molar-refractivity contribution in [2.24, 2.45) is 0 Å². The van der Waals surface area contributed by atoms with Gasteiger partial charge < -0.3 is 9.88 Å². The second kappa shape index (κ2) is 3.59. The number of hydrogen-bond donors (Lipinski definition) is 1. The standard InChI is InChI=1S/C13H17N3/c1-9(2)16-8-11-7-14-5-3-10-4-6-15-13(16)12(10)11/h4,6,8-9,14H,3,5,7H2,1-2H3. The SMILES string of the molecule is CC(C)n1cc2c3c(ccnc31)CCNC2. The summed E-state index contributed by atoms with van der Waals surface area (Å²) in [6.07, 6.45) is 5.30. The van der Waals surface area contributed by atoms with E-state index in [2.05, 4.69) is 41.0 Å². The van der Waals surface area contributed by atoms with Crippen LogP contribution in [0.4, 0.5) is 0 Å². The van der Waals surface area contributed by atoms with Crippen molar-refractivity contribution < 1.29 is 0 Å². The van der Waals surface area contributed by atoms with Crippen LogP contribution in [-0.2, 0) is 13.0 Å². The van der Waals surface area contributed by atoms with Gasteiger partial charge in [-0.2, -0.15) is 0 Å². The maximum Gasteiger partial charge on any atom is 0.140 e. The fourth-order valence-corrected chi connectivity index (χ4v) is 2.51. The highest BCUT2D eigenvalue weighted by atomic mass is 15.1. The van der Waals surface area contributed by atoms with E-state index in [4.69, 9.17) is 0 Å². The van der Waals surface area contributed by atoms with Crippen molar-refractivity contribution in [3.8, 4) is 0 Å². The van der Waals surface area contributed by atoms with E-state index in [-0.39, 0.29) is 0 Å². The number of nitrogens with zero attached hydrogens (tertiary/aromatic N) is 2. The average Bonchev–Trinajstić information content (AvgIpc) is 2.51. The topological polar surface area (TPSA) is 29.9 Å². The minimum atomic E-state index is 0.471. The third kappa shape index (κ3) is 1.35. The Hall–Kier alpha value is -1.35. The van der Waals surface area contributed by atoms with E-state index in [1.165, 1.54) is 16.5 Å². The molecule has 0 saturated heterocycles. The fraction of sp³-hybridized carbons (Fsp3) is 0.462. The first-order chi connectivity index (χ1) is 7.77. The summed E-state index contributed by atoms with van der Waals surface area (Å²) in [6, 6.07) is 2.63. The van der Waals surface area contributed by atoms with Crippen LogP contribution in [-0.4, -0.2) is 16.1 Å². The van der Waals surface area contributed by atoms with Gasteiger partial charge in [0.05, 0.1) is 0 Å². The van der Waals surface area contributed by atoms with Crippen molar-refractivity contribution >= 4 is 11.0 Å². The van der Waals surface area contributed by atoms with Crippen LogP contribution in [0.3, 0.4) is 0 Å². The zero-order valence-electron chi connectivity index (χ0n) is 9.83. The molecule has 0 spiro atoms. The highest BCUT2D eigenvalue weighted by Gasteiger charge is 2.16. The molecule has 16 heavy (non-hydrogen) atoms. The Morgan fingerprint density at radius 2 is 2.25 bits per heavy atom. The maximum absolute atomic E-state index is 4.54. The molecule has 0 aliphatic carbocycles. The lowest BCUT2D eigenvalue weighted by Crippen LogP contribution is -2.14. The summed E-state index contributed by atoms with van der Waals surface area (Å²) in [5, 5.41) is 4.84. The van der Waals surface area contributed by atoms with E-state index in [0.29, 0.717) is 6.04 Å². The van der Waals surface area contributed by atoms with Gasteiger partial charge in [0.1, 0.15) is 5.65 Å². The Labute approximate surface area is 95.5 Å². The van der Waals surface area contributed by atoms with Crippen molar-refractivity contribution in [3.05, 3.63) is 29.6 Å². The molecule has 0 radical (unpaired) electrons. The van der Waals surface area contributed by atoms with Crippen LogP contribution >= 0.6 is 0 Å². The molecule has 0 aromatic carbocycles. The first-order valence-electron chi connectivity index (χ1n) is 5.95. The van der Waals surface area contributed by atoms with Crippen LogP contribution in [0.2, 0.25) is 0 Å². The van der Waals surface area contributed by atoms with Crippen molar-refractivity contribution in [2.45, 2.75) is 32.9 Å². The maximum atomic E-state index is 4.54. The summed E-state index contributed by atoms with van der Waals surface area (Å²) in [5.41, 5.74) is 3.97. The molecule has 2 aromatic rings. The van der Waals surface area contributed by atoms with Crippen LogP contribution < -0.4 is 5.32 Å². The number of aromatic nitrogens is 2. The zero-order valence-corrected chi connectivity index (χ0v) is 9.83. The quantitative estimate of drug-likeness (QED) is 0.790. The summed E-state index contributed by atoms with van der Waals surface area (Å²) in [6.45, 7) is 6.44. The monoisotopic (exact) mass is 215 g/mol. The molecule has 3 rings (SSSR count). The van der Waals surface area contributed by atoms with Crippen molar-refractivity contribution in [2.75, 3.05) is 6.54 Å². The Balaban J connectivity index is 2.34. The van der Waals surface area contributed by atoms with Crippen molar-refractivity contribution in [3.63, 3.8) is 0 Å². The van der Waals surface area contributed by atoms with Gasteiger partial charge in [0.2, 0.25) is 0 Å². The second-order valence-corrected chi connectivity index (χ2v) is 4.75. The zero-order chi connectivity index (χ0) is 11.1. The second-order valence-electron chi connectivity index (χ2n) is 4.75. The minimum absolute atomic E-state index is 0.471. The number of nitrogens with one attached hydrogen (secondary N) is 1. The lowest BCUT2D eigenvalue weighted by Gasteiger charge is -2.09. The van der Waals surface area contributed by atoms with Crippen LogP contribution in [0.5, 0.6) is 0 Å². The Bertz CT molecular complexity index is 525. The predicted molar refractivity (Wildman–Crippen MR) is 65.5 cm³/mol. The molecule has 0 saturated carbocycles. The van der Waals surface area contributed by atoms with Gasteiger partial charge in [-0.25, -0.2) is 4.98 Å². The summed E-state index contributed by atoms with van der Waals surface area (Å²) in [4.78, 5) is 4.54. The smallest absolute Gasteiger partial charge is 0.140 e. The third-order valence-corrected chi connectivity index (χ3v) is 3.32. The molecular weight excluding hydrogens is 198 g/mol. The van der Waals surface area contributed by atoms with Gasteiger partial charge in [-0.1, -0.05) is 0 Å². The Kier molecular flexibility index (Phi) is 2.21. The molecule has 0 unspecified atom stereocenters. The van der Waals surface area contributed by atoms with E-state index in [9.17, 15) is 0 Å². The first-order valence-corrected chi connectivity index (χ1v) is 5.95. The molecule has 2 aromatic heterocycles. The summed E-state index contributed by atoms with van der Waals surface area (Å²) in [5.74, 6) is 0. The number of hydrogen-bond acceptors (Lipinski definition) is 2. The third-order valence-electron chi connectivity index (χ3n) is 3.32. The predicted octanol–water partition coefficient (Wildman–Crippen LogP) is 2.26. The fourth-order valence-electron chi connectivity index (χ4n) is 2.51. The Morgan fingerprint density at radius 3 is 3.06 bits per heavy atom.